The van der Waals surface area contributed by atoms with Gasteiger partial charge in [-0.3, -0.25) is 0 Å². The van der Waals surface area contributed by atoms with Crippen molar-refractivity contribution in [1.82, 2.24) is 9.21 Å². The lowest BCUT2D eigenvalue weighted by molar-refractivity contribution is -0.605. The predicted octanol–water partition coefficient (Wildman–Crippen LogP) is 7.01. The van der Waals surface area contributed by atoms with Crippen LogP contribution in [0.2, 0.25) is 10.0 Å². The Kier molecular flexibility index (Phi) is 13.2. The fraction of sp³-hybridized carbons (Fsp3) is 0.471. The number of ether oxygens (including phenoxy) is 4. The number of nitrogens with zero attached hydrogens (tertiary/aromatic N) is 3. The highest BCUT2D eigenvalue weighted by molar-refractivity contribution is 7.89. The summed E-state index contributed by atoms with van der Waals surface area (Å²) >= 11 is 12.8. The monoisotopic (exact) mass is 759 g/mol. The molecule has 16 heteroatoms. The number of alkyl halides is 2. The second-order valence-corrected chi connectivity index (χ2v) is 15.8. The number of likely N-dealkylation sites (N-methyl/N-ethyl adjacent to an activating group) is 1. The van der Waals surface area contributed by atoms with Gasteiger partial charge in [-0.1, -0.05) is 41.4 Å². The molecule has 1 amide bonds. The fourth-order valence-electron chi connectivity index (χ4n) is 4.70. The summed E-state index contributed by atoms with van der Waals surface area (Å²) in [5.74, 6) is 0.320. The molecule has 0 N–H and O–H groups in total. The summed E-state index contributed by atoms with van der Waals surface area (Å²) in [6, 6.07) is 10.3. The molecule has 1 atom stereocenters. The summed E-state index contributed by atoms with van der Waals surface area (Å²) in [6.45, 7) is 2.35. The zero-order chi connectivity index (χ0) is 36.8. The molecule has 2 aromatic carbocycles. The Hall–Kier alpha value is -3.43. The van der Waals surface area contributed by atoms with E-state index in [0.717, 1.165) is 25.2 Å². The van der Waals surface area contributed by atoms with Crippen LogP contribution in [0.1, 0.15) is 56.4 Å². The molecule has 1 saturated carbocycles. The number of aromatic nitrogens is 1. The minimum absolute atomic E-state index is 0.0292. The minimum atomic E-state index is -4.28. The van der Waals surface area contributed by atoms with Gasteiger partial charge in [0.15, 0.2) is 23.9 Å². The van der Waals surface area contributed by atoms with E-state index >= 15 is 0 Å². The van der Waals surface area contributed by atoms with Crippen LogP contribution in [0.4, 0.5) is 13.6 Å². The van der Waals surface area contributed by atoms with Crippen molar-refractivity contribution < 1.29 is 45.7 Å². The maximum Gasteiger partial charge on any atom is 0.424 e. The van der Waals surface area contributed by atoms with Crippen LogP contribution in [0, 0.1) is 11.1 Å². The van der Waals surface area contributed by atoms with Crippen LogP contribution >= 0.6 is 23.2 Å². The minimum Gasteiger partial charge on any atom is -0.619 e. The van der Waals surface area contributed by atoms with Gasteiger partial charge in [-0.15, -0.1) is 0 Å². The maximum absolute atomic E-state index is 13.6. The Labute approximate surface area is 301 Å². The van der Waals surface area contributed by atoms with Crippen molar-refractivity contribution in [2.45, 2.75) is 69.9 Å². The van der Waals surface area contributed by atoms with Gasteiger partial charge in [0.2, 0.25) is 0 Å². The van der Waals surface area contributed by atoms with E-state index in [-0.39, 0.29) is 52.6 Å². The smallest absolute Gasteiger partial charge is 0.424 e. The van der Waals surface area contributed by atoms with Gasteiger partial charge in [-0.05, 0) is 89.0 Å². The summed E-state index contributed by atoms with van der Waals surface area (Å²) in [5.41, 5.74) is 0.610. The number of rotatable bonds is 16. The summed E-state index contributed by atoms with van der Waals surface area (Å²) in [6.07, 6.45) is 2.59. The number of benzene rings is 2. The Morgan fingerprint density at radius 2 is 1.66 bits per heavy atom. The first kappa shape index (κ1) is 39.4. The zero-order valence-electron chi connectivity index (χ0n) is 28.4. The van der Waals surface area contributed by atoms with Crippen molar-refractivity contribution in [2.24, 2.45) is 5.92 Å². The van der Waals surface area contributed by atoms with E-state index in [0.29, 0.717) is 38.3 Å². The molecule has 1 aliphatic carbocycles. The van der Waals surface area contributed by atoms with E-state index in [1.807, 2.05) is 0 Å². The van der Waals surface area contributed by atoms with E-state index in [4.69, 9.17) is 37.4 Å². The third-order valence-electron chi connectivity index (χ3n) is 7.48. The maximum atomic E-state index is 13.6. The lowest BCUT2D eigenvalue weighted by atomic mass is 10.0. The highest BCUT2D eigenvalue weighted by Gasteiger charge is 2.33. The molecule has 1 heterocycles. The molecule has 0 saturated heterocycles. The van der Waals surface area contributed by atoms with Crippen molar-refractivity contribution in [3.05, 3.63) is 86.8 Å². The van der Waals surface area contributed by atoms with Crippen molar-refractivity contribution in [3.63, 3.8) is 0 Å². The summed E-state index contributed by atoms with van der Waals surface area (Å²) in [5, 5.41) is 12.1. The predicted molar refractivity (Wildman–Crippen MR) is 183 cm³/mol. The molecule has 1 aliphatic rings. The van der Waals surface area contributed by atoms with E-state index < -0.39 is 34.4 Å². The molecule has 3 aromatic rings. The number of carbonyl (C=O) groups excluding carboxylic acids is 1. The Morgan fingerprint density at radius 3 is 2.22 bits per heavy atom. The zero-order valence-corrected chi connectivity index (χ0v) is 30.7. The molecule has 0 aliphatic heterocycles. The van der Waals surface area contributed by atoms with Gasteiger partial charge in [0.05, 0.1) is 30.8 Å². The second-order valence-electron chi connectivity index (χ2n) is 13.1. The average molecular weight is 761 g/mol. The number of amides is 1. The van der Waals surface area contributed by atoms with Crippen LogP contribution in [-0.4, -0.2) is 69.7 Å². The van der Waals surface area contributed by atoms with Gasteiger partial charge in [0.25, 0.3) is 10.0 Å². The standard InChI is InChI=1S/C34H41Cl2F2N3O8S/c1-34(2,3)49-33(42)41(15-14-39(4)5)50(44,45)25-11-8-23(9-12-25)20-46-30(17-26-27(35)18-40(43)19-28(26)36)24-10-13-29(48-32(37)38)31(16-24)47-21-22-6-7-22/h8-13,16,18-19,22,30,32H,6-7,14-15,17,20-21H2,1-5H3/t30-/m0/s1. The first-order chi connectivity index (χ1) is 23.4. The Balaban J connectivity index is 1.61. The van der Waals surface area contributed by atoms with E-state index in [2.05, 4.69) is 4.74 Å². The highest BCUT2D eigenvalue weighted by atomic mass is 35.5. The third kappa shape index (κ3) is 11.3. The van der Waals surface area contributed by atoms with E-state index in [1.54, 1.807) is 64.0 Å². The number of sulfonamides is 1. The van der Waals surface area contributed by atoms with Crippen LogP contribution in [0.25, 0.3) is 0 Å². The number of carbonyl (C=O) groups is 1. The molecule has 50 heavy (non-hydrogen) atoms. The molecule has 11 nitrogen and oxygen atoms in total. The Morgan fingerprint density at radius 1 is 1.02 bits per heavy atom. The van der Waals surface area contributed by atoms with Crippen LogP contribution < -0.4 is 14.2 Å². The van der Waals surface area contributed by atoms with E-state index in [1.165, 1.54) is 18.2 Å². The normalized spacial score (nSPS) is 14.1. The van der Waals surface area contributed by atoms with Gasteiger partial charge in [-0.2, -0.15) is 17.8 Å². The molecular formula is C34H41Cl2F2N3O8S. The largest absolute Gasteiger partial charge is 0.619 e. The molecule has 0 spiro atoms. The van der Waals surface area contributed by atoms with Gasteiger partial charge in [-0.25, -0.2) is 13.2 Å². The molecule has 4 rings (SSSR count). The quantitative estimate of drug-likeness (QED) is 0.112. The molecule has 1 fully saturated rings. The molecule has 0 unspecified atom stereocenters. The molecule has 0 radical (unpaired) electrons. The van der Waals surface area contributed by atoms with Crippen LogP contribution in [0.15, 0.2) is 59.8 Å². The SMILES string of the molecule is CN(C)CCN(C(=O)OC(C)(C)C)S(=O)(=O)c1ccc(CO[C@@H](Cc2c(Cl)c[n+]([O-])cc2Cl)c2ccc(OC(F)F)c(OCC3CC3)c2)cc1. The lowest BCUT2D eigenvalue weighted by Crippen LogP contribution is -2.43. The second kappa shape index (κ2) is 16.7. The first-order valence-electron chi connectivity index (χ1n) is 15.8. The molecule has 0 bridgehead atoms. The van der Waals surface area contributed by atoms with Gasteiger partial charge in [0, 0.05) is 18.5 Å². The number of hydrogen-bond donors (Lipinski definition) is 0. The average Bonchev–Trinajstić information content (AvgIpc) is 3.83. The summed E-state index contributed by atoms with van der Waals surface area (Å²) < 4.78 is 77.0. The number of halogens is 4. The first-order valence-corrected chi connectivity index (χ1v) is 18.0. The molecule has 274 valence electrons. The van der Waals surface area contributed by atoms with Crippen LogP contribution in [-0.2, 0) is 32.5 Å². The van der Waals surface area contributed by atoms with Crippen molar-refractivity contribution in [2.75, 3.05) is 33.8 Å². The third-order valence-corrected chi connectivity index (χ3v) is 9.92. The number of pyridine rings is 1. The fourth-order valence-corrected chi connectivity index (χ4v) is 6.59. The summed E-state index contributed by atoms with van der Waals surface area (Å²) in [4.78, 5) is 14.6. The van der Waals surface area contributed by atoms with E-state index in [9.17, 15) is 27.2 Å². The van der Waals surface area contributed by atoms with Crippen molar-refractivity contribution in [1.29, 1.82) is 0 Å². The highest BCUT2D eigenvalue weighted by Crippen LogP contribution is 2.38. The molecule has 1 aromatic heterocycles. The Bertz CT molecular complexity index is 1710. The number of hydrogen-bond acceptors (Lipinski definition) is 9. The summed E-state index contributed by atoms with van der Waals surface area (Å²) in [7, 11) is -0.764. The van der Waals surface area contributed by atoms with Crippen LogP contribution in [0.3, 0.4) is 0 Å². The molecular weight excluding hydrogens is 719 g/mol. The van der Waals surface area contributed by atoms with Crippen molar-refractivity contribution in [3.8, 4) is 11.5 Å². The van der Waals surface area contributed by atoms with Crippen LogP contribution in [0.5, 0.6) is 11.5 Å². The topological polar surface area (TPSA) is 122 Å². The van der Waals surface area contributed by atoms with Gasteiger partial charge < -0.3 is 29.1 Å². The van der Waals surface area contributed by atoms with Crippen molar-refractivity contribution >= 4 is 39.3 Å². The van der Waals surface area contributed by atoms with Gasteiger partial charge >= 0.3 is 12.7 Å². The van der Waals surface area contributed by atoms with Gasteiger partial charge in [0.1, 0.15) is 15.6 Å². The lowest BCUT2D eigenvalue weighted by Gasteiger charge is -2.27.